The van der Waals surface area contributed by atoms with Crippen molar-refractivity contribution in [3.63, 3.8) is 0 Å². The van der Waals surface area contributed by atoms with Crippen LogP contribution in [0.4, 0.5) is 0 Å². The molecule has 4 nitrogen and oxygen atoms in total. The molecule has 1 amide bonds. The average Bonchev–Trinajstić information content (AvgIpc) is 2.58. The van der Waals surface area contributed by atoms with Crippen molar-refractivity contribution in [2.75, 3.05) is 6.61 Å². The third kappa shape index (κ3) is 5.96. The fraction of sp³-hybridized carbons (Fsp3) is 0.111. The minimum Gasteiger partial charge on any atom is -0.482 e. The number of carbonyl (C=O) groups excluding carboxylic acids is 1. The second-order valence-electron chi connectivity index (χ2n) is 4.75. The molecule has 0 aromatic heterocycles. The van der Waals surface area contributed by atoms with Gasteiger partial charge in [0.15, 0.2) is 6.61 Å². The van der Waals surface area contributed by atoms with Gasteiger partial charge in [0.25, 0.3) is 5.91 Å². The van der Waals surface area contributed by atoms with Crippen LogP contribution in [0, 0.1) is 0 Å². The van der Waals surface area contributed by atoms with Crippen molar-refractivity contribution in [3.05, 3.63) is 71.3 Å². The third-order valence-electron chi connectivity index (χ3n) is 2.87. The zero-order valence-electron chi connectivity index (χ0n) is 12.7. The number of carbonyl (C=O) groups is 1. The monoisotopic (exact) mass is 328 g/mol. The highest BCUT2D eigenvalue weighted by Gasteiger charge is 2.04. The van der Waals surface area contributed by atoms with E-state index in [1.165, 1.54) is 0 Å². The van der Waals surface area contributed by atoms with Gasteiger partial charge < -0.3 is 4.74 Å². The van der Waals surface area contributed by atoms with Gasteiger partial charge in [0, 0.05) is 0 Å². The van der Waals surface area contributed by atoms with E-state index in [9.17, 15) is 4.79 Å². The number of nitrogens with zero attached hydrogens (tertiary/aromatic N) is 1. The number of nitrogens with one attached hydrogen (secondary N) is 1. The Bertz CT molecular complexity index is 712. The molecular weight excluding hydrogens is 312 g/mol. The van der Waals surface area contributed by atoms with E-state index in [0.29, 0.717) is 16.5 Å². The van der Waals surface area contributed by atoms with Crippen molar-refractivity contribution in [3.8, 4) is 5.75 Å². The fourth-order valence-corrected chi connectivity index (χ4v) is 1.90. The molecule has 2 aromatic rings. The minimum absolute atomic E-state index is 0.150. The highest BCUT2D eigenvalue weighted by Crippen LogP contribution is 2.22. The van der Waals surface area contributed by atoms with E-state index in [1.54, 1.807) is 31.2 Å². The number of hydrazone groups is 1. The summed E-state index contributed by atoms with van der Waals surface area (Å²) in [7, 11) is 0. The summed E-state index contributed by atoms with van der Waals surface area (Å²) in [6.45, 7) is 1.65. The first kappa shape index (κ1) is 16.8. The number of hydrogen-bond acceptors (Lipinski definition) is 3. The summed E-state index contributed by atoms with van der Waals surface area (Å²) in [4.78, 5) is 11.7. The van der Waals surface area contributed by atoms with Crippen molar-refractivity contribution in [1.29, 1.82) is 0 Å². The summed E-state index contributed by atoms with van der Waals surface area (Å²) in [6.07, 6.45) is 3.75. The van der Waals surface area contributed by atoms with Crippen LogP contribution in [0.3, 0.4) is 0 Å². The van der Waals surface area contributed by atoms with Gasteiger partial charge >= 0.3 is 0 Å². The lowest BCUT2D eigenvalue weighted by Crippen LogP contribution is -2.25. The summed E-state index contributed by atoms with van der Waals surface area (Å²) in [6, 6.07) is 16.8. The minimum atomic E-state index is -0.350. The summed E-state index contributed by atoms with van der Waals surface area (Å²) in [5, 5.41) is 4.45. The van der Waals surface area contributed by atoms with Crippen LogP contribution < -0.4 is 10.2 Å². The van der Waals surface area contributed by atoms with Gasteiger partial charge in [-0.3, -0.25) is 4.79 Å². The number of allylic oxidation sites excluding steroid dienone is 1. The van der Waals surface area contributed by atoms with Crippen LogP contribution in [0.2, 0.25) is 5.02 Å². The van der Waals surface area contributed by atoms with E-state index in [2.05, 4.69) is 10.5 Å². The fourth-order valence-electron chi connectivity index (χ4n) is 1.71. The molecule has 0 aliphatic carbocycles. The van der Waals surface area contributed by atoms with Gasteiger partial charge in [0.1, 0.15) is 5.75 Å². The molecule has 2 rings (SSSR count). The predicted octanol–water partition coefficient (Wildman–Crippen LogP) is 3.92. The molecule has 2 aromatic carbocycles. The van der Waals surface area contributed by atoms with Gasteiger partial charge in [-0.05, 0) is 30.7 Å². The third-order valence-corrected chi connectivity index (χ3v) is 3.18. The number of halogens is 1. The van der Waals surface area contributed by atoms with E-state index in [0.717, 1.165) is 5.56 Å². The number of rotatable bonds is 6. The first-order valence-corrected chi connectivity index (χ1v) is 7.46. The van der Waals surface area contributed by atoms with E-state index in [-0.39, 0.29) is 12.5 Å². The molecular formula is C18H17ClN2O2. The summed E-state index contributed by atoms with van der Waals surface area (Å²) in [5.41, 5.74) is 4.18. The highest BCUT2D eigenvalue weighted by atomic mass is 35.5. The normalized spacial score (nSPS) is 11.5. The molecule has 0 fully saturated rings. The molecule has 5 heteroatoms. The molecule has 1 N–H and O–H groups in total. The molecule has 0 aliphatic rings. The molecule has 0 heterocycles. The standard InChI is InChI=1S/C18H17ClN2O2/c1-14(11-12-15-7-3-2-4-8-15)20-21-18(22)13-23-17-10-6-5-9-16(17)19/h2-12H,13H2,1H3,(H,21,22)/b12-11+,20-14-. The lowest BCUT2D eigenvalue weighted by atomic mass is 10.2. The quantitative estimate of drug-likeness (QED) is 0.645. The van der Waals surface area contributed by atoms with Crippen molar-refractivity contribution in [1.82, 2.24) is 5.43 Å². The lowest BCUT2D eigenvalue weighted by Gasteiger charge is -2.06. The Balaban J connectivity index is 1.81. The van der Waals surface area contributed by atoms with E-state index < -0.39 is 0 Å². The van der Waals surface area contributed by atoms with Crippen molar-refractivity contribution in [2.45, 2.75) is 6.92 Å². The predicted molar refractivity (Wildman–Crippen MR) is 93.7 cm³/mol. The zero-order chi connectivity index (χ0) is 16.5. The van der Waals surface area contributed by atoms with E-state index >= 15 is 0 Å². The summed E-state index contributed by atoms with van der Waals surface area (Å²) in [5.74, 6) is 0.117. The smallest absolute Gasteiger partial charge is 0.277 e. The Hall–Kier alpha value is -2.59. The molecule has 0 spiro atoms. The number of benzene rings is 2. The van der Waals surface area contributed by atoms with Crippen LogP contribution in [0.15, 0.2) is 65.8 Å². The van der Waals surface area contributed by atoms with Gasteiger partial charge in [-0.25, -0.2) is 5.43 Å². The maximum Gasteiger partial charge on any atom is 0.277 e. The van der Waals surface area contributed by atoms with Crippen LogP contribution in [0.1, 0.15) is 12.5 Å². The van der Waals surface area contributed by atoms with Crippen molar-refractivity contribution < 1.29 is 9.53 Å². The second kappa shape index (κ2) is 8.76. The zero-order valence-corrected chi connectivity index (χ0v) is 13.5. The highest BCUT2D eigenvalue weighted by molar-refractivity contribution is 6.32. The van der Waals surface area contributed by atoms with Crippen LogP contribution >= 0.6 is 11.6 Å². The maximum atomic E-state index is 11.7. The van der Waals surface area contributed by atoms with Gasteiger partial charge in [-0.2, -0.15) is 5.10 Å². The largest absolute Gasteiger partial charge is 0.482 e. The van der Waals surface area contributed by atoms with E-state index in [4.69, 9.17) is 16.3 Å². The molecule has 0 atom stereocenters. The van der Waals surface area contributed by atoms with Crippen molar-refractivity contribution in [2.24, 2.45) is 5.10 Å². The number of hydrogen-bond donors (Lipinski definition) is 1. The Kier molecular flexibility index (Phi) is 6.39. The van der Waals surface area contributed by atoms with Crippen LogP contribution in [0.25, 0.3) is 6.08 Å². The topological polar surface area (TPSA) is 50.7 Å². The van der Waals surface area contributed by atoms with E-state index in [1.807, 2.05) is 42.5 Å². The number of ether oxygens (including phenoxy) is 1. The Morgan fingerprint density at radius 2 is 1.87 bits per heavy atom. The SMILES string of the molecule is CC(/C=C/c1ccccc1)=N/NC(=O)COc1ccccc1Cl. The first-order valence-electron chi connectivity index (χ1n) is 7.09. The summed E-state index contributed by atoms with van der Waals surface area (Å²) < 4.78 is 5.33. The Labute approximate surface area is 140 Å². The summed E-state index contributed by atoms with van der Waals surface area (Å²) >= 11 is 5.94. The molecule has 0 radical (unpaired) electrons. The molecule has 0 saturated heterocycles. The van der Waals surface area contributed by atoms with Gasteiger partial charge in [0.2, 0.25) is 0 Å². The van der Waals surface area contributed by atoms with Crippen LogP contribution in [-0.4, -0.2) is 18.2 Å². The van der Waals surface area contributed by atoms with Crippen molar-refractivity contribution >= 4 is 29.3 Å². The van der Waals surface area contributed by atoms with Crippen LogP contribution in [0.5, 0.6) is 5.75 Å². The van der Waals surface area contributed by atoms with Gasteiger partial charge in [0.05, 0.1) is 10.7 Å². The average molecular weight is 329 g/mol. The lowest BCUT2D eigenvalue weighted by molar-refractivity contribution is -0.123. The second-order valence-corrected chi connectivity index (χ2v) is 5.16. The maximum absolute atomic E-state index is 11.7. The molecule has 0 aliphatic heterocycles. The molecule has 0 saturated carbocycles. The molecule has 118 valence electrons. The van der Waals surface area contributed by atoms with Crippen LogP contribution in [-0.2, 0) is 4.79 Å². The molecule has 0 unspecified atom stereocenters. The molecule has 23 heavy (non-hydrogen) atoms. The Morgan fingerprint density at radius 1 is 1.17 bits per heavy atom. The van der Waals surface area contributed by atoms with Gasteiger partial charge in [-0.15, -0.1) is 0 Å². The number of amides is 1. The Morgan fingerprint density at radius 3 is 2.61 bits per heavy atom. The molecule has 0 bridgehead atoms. The first-order chi connectivity index (χ1) is 11.1. The van der Waals surface area contributed by atoms with Gasteiger partial charge in [-0.1, -0.05) is 60.1 Å². The number of para-hydroxylation sites is 1.